The quantitative estimate of drug-likeness (QED) is 0.490. The Bertz CT molecular complexity index is 552. The van der Waals surface area contributed by atoms with Gasteiger partial charge in [-0.05, 0) is 28.0 Å². The maximum absolute atomic E-state index is 3.28. The van der Waals surface area contributed by atoms with Crippen LogP contribution >= 0.6 is 0 Å². The molecule has 0 atom stereocenters. The van der Waals surface area contributed by atoms with Gasteiger partial charge < -0.3 is 0 Å². The van der Waals surface area contributed by atoms with Crippen molar-refractivity contribution in [3.05, 3.63) is 60.7 Å². The van der Waals surface area contributed by atoms with Crippen molar-refractivity contribution in [3.63, 3.8) is 0 Å². The highest BCUT2D eigenvalue weighted by Crippen LogP contribution is 2.29. The van der Waals surface area contributed by atoms with Crippen LogP contribution in [0.2, 0.25) is 0 Å². The maximum atomic E-state index is 3.28. The second-order valence-electron chi connectivity index (χ2n) is 3.42. The summed E-state index contributed by atoms with van der Waals surface area (Å²) in [5, 5.41) is 2.54. The molecule has 1 aromatic rings. The molecule has 2 aliphatic rings. The molecule has 0 aromatic heterocycles. The second kappa shape index (κ2) is 2.85. The Morgan fingerprint density at radius 3 is 2.64 bits per heavy atom. The van der Waals surface area contributed by atoms with Gasteiger partial charge in [0.05, 0.1) is 0 Å². The molecule has 2 aliphatic carbocycles. The van der Waals surface area contributed by atoms with E-state index < -0.39 is 0 Å². The van der Waals surface area contributed by atoms with Crippen molar-refractivity contribution in [1.29, 1.82) is 0 Å². The van der Waals surface area contributed by atoms with E-state index in [-0.39, 0.29) is 0 Å². The Morgan fingerprint density at radius 2 is 1.64 bits per heavy atom. The van der Waals surface area contributed by atoms with Crippen LogP contribution in [-0.4, -0.2) is 0 Å². The molecule has 0 N–H and O–H groups in total. The molecule has 0 bridgehead atoms. The topological polar surface area (TPSA) is 0 Å². The van der Waals surface area contributed by atoms with E-state index in [4.69, 9.17) is 0 Å². The summed E-state index contributed by atoms with van der Waals surface area (Å²) in [6.07, 6.45) is 0. The number of fused-ring (bicyclic) bond motifs is 3. The lowest BCUT2D eigenvalue weighted by atomic mass is 10.1. The Hall–Kier alpha value is -1.82. The van der Waals surface area contributed by atoms with Crippen molar-refractivity contribution >= 4 is 10.8 Å². The molecular formula is C14H9. The monoisotopic (exact) mass is 177 g/mol. The Kier molecular flexibility index (Phi) is 1.54. The van der Waals surface area contributed by atoms with Gasteiger partial charge in [-0.3, -0.25) is 0 Å². The molecule has 0 aliphatic heterocycles. The van der Waals surface area contributed by atoms with Crippen LogP contribution in [0, 0.1) is 6.07 Å². The highest BCUT2D eigenvalue weighted by molar-refractivity contribution is 5.96. The van der Waals surface area contributed by atoms with Crippen molar-refractivity contribution in [2.45, 2.75) is 0 Å². The molecule has 0 heteroatoms. The summed E-state index contributed by atoms with van der Waals surface area (Å²) < 4.78 is 0. The molecule has 3 rings (SSSR count). The maximum Gasteiger partial charge on any atom is -0.00266 e. The van der Waals surface area contributed by atoms with Gasteiger partial charge in [-0.25, -0.2) is 0 Å². The molecule has 0 amide bonds. The zero-order valence-corrected chi connectivity index (χ0v) is 7.70. The summed E-state index contributed by atoms with van der Waals surface area (Å²) in [6.45, 7) is 0. The van der Waals surface area contributed by atoms with Crippen LogP contribution in [0.25, 0.3) is 21.9 Å². The highest BCUT2D eigenvalue weighted by atomic mass is 14.1. The number of hydrogen-bond acceptors (Lipinski definition) is 0. The van der Waals surface area contributed by atoms with Gasteiger partial charge in [-0.1, -0.05) is 54.6 Å². The van der Waals surface area contributed by atoms with Crippen LogP contribution in [0.15, 0.2) is 54.6 Å². The van der Waals surface area contributed by atoms with Crippen molar-refractivity contribution in [2.75, 3.05) is 0 Å². The molecule has 0 heterocycles. The standard InChI is InChI=1S/C14H9/c1-2-9-13-11(5-1)6-3-7-12-8-4-10-14(12)13/h1-9H. The van der Waals surface area contributed by atoms with Gasteiger partial charge in [0.15, 0.2) is 0 Å². The van der Waals surface area contributed by atoms with Crippen molar-refractivity contribution < 1.29 is 0 Å². The van der Waals surface area contributed by atoms with Gasteiger partial charge in [0.1, 0.15) is 0 Å². The molecule has 0 saturated carbocycles. The van der Waals surface area contributed by atoms with E-state index in [2.05, 4.69) is 54.6 Å². The smallest absolute Gasteiger partial charge is 0.00266 e. The molecule has 0 unspecified atom stereocenters. The average molecular weight is 177 g/mol. The predicted octanol–water partition coefficient (Wildman–Crippen LogP) is 3.74. The minimum atomic E-state index is 1.21. The molecule has 1 aromatic carbocycles. The van der Waals surface area contributed by atoms with E-state index in [0.717, 1.165) is 0 Å². The van der Waals surface area contributed by atoms with Gasteiger partial charge in [0, 0.05) is 0 Å². The van der Waals surface area contributed by atoms with E-state index in [0.29, 0.717) is 0 Å². The number of hydrogen-bond donors (Lipinski definition) is 0. The number of rotatable bonds is 0. The van der Waals surface area contributed by atoms with E-state index in [1.807, 2.05) is 6.07 Å². The van der Waals surface area contributed by atoms with Crippen molar-refractivity contribution in [1.82, 2.24) is 0 Å². The predicted molar refractivity (Wildman–Crippen MR) is 59.4 cm³/mol. The van der Waals surface area contributed by atoms with E-state index in [1.54, 1.807) is 0 Å². The third-order valence-corrected chi connectivity index (χ3v) is 2.56. The second-order valence-corrected chi connectivity index (χ2v) is 3.42. The van der Waals surface area contributed by atoms with Gasteiger partial charge in [0.25, 0.3) is 0 Å². The molecule has 0 saturated heterocycles. The average Bonchev–Trinajstić information content (AvgIpc) is 2.61. The van der Waals surface area contributed by atoms with Crippen molar-refractivity contribution in [2.24, 2.45) is 0 Å². The van der Waals surface area contributed by atoms with E-state index in [9.17, 15) is 0 Å². The van der Waals surface area contributed by atoms with Crippen molar-refractivity contribution in [3.8, 4) is 11.1 Å². The fraction of sp³-hybridized carbons (Fsp3) is 0. The van der Waals surface area contributed by atoms with E-state index >= 15 is 0 Å². The molecule has 0 fully saturated rings. The third-order valence-electron chi connectivity index (χ3n) is 2.56. The summed E-state index contributed by atoms with van der Waals surface area (Å²) in [5.74, 6) is 0. The fourth-order valence-electron chi connectivity index (χ4n) is 1.88. The normalized spacial score (nSPS) is 10.9. The number of benzene rings is 1. The molecule has 0 nitrogen and oxygen atoms in total. The van der Waals surface area contributed by atoms with Crippen LogP contribution in [0.4, 0.5) is 0 Å². The zero-order chi connectivity index (χ0) is 9.38. The lowest BCUT2D eigenvalue weighted by Gasteiger charge is -1.96. The van der Waals surface area contributed by atoms with Crippen LogP contribution in [0.1, 0.15) is 0 Å². The Morgan fingerprint density at radius 1 is 0.786 bits per heavy atom. The highest BCUT2D eigenvalue weighted by Gasteiger charge is 2.03. The molecular weight excluding hydrogens is 168 g/mol. The van der Waals surface area contributed by atoms with E-state index in [1.165, 1.54) is 21.9 Å². The minimum Gasteiger partial charge on any atom is -0.0616 e. The summed E-state index contributed by atoms with van der Waals surface area (Å²) >= 11 is 0. The zero-order valence-electron chi connectivity index (χ0n) is 7.70. The summed E-state index contributed by atoms with van der Waals surface area (Å²) in [7, 11) is 0. The molecule has 1 radical (unpaired) electrons. The van der Waals surface area contributed by atoms with Gasteiger partial charge in [-0.15, -0.1) is 0 Å². The summed E-state index contributed by atoms with van der Waals surface area (Å²) in [4.78, 5) is 0. The van der Waals surface area contributed by atoms with Crippen LogP contribution in [-0.2, 0) is 0 Å². The van der Waals surface area contributed by atoms with Crippen LogP contribution < -0.4 is 0 Å². The van der Waals surface area contributed by atoms with Gasteiger partial charge in [0.2, 0.25) is 0 Å². The lowest BCUT2D eigenvalue weighted by Crippen LogP contribution is -1.70. The molecule has 14 heavy (non-hydrogen) atoms. The van der Waals surface area contributed by atoms with Crippen LogP contribution in [0.3, 0.4) is 0 Å². The Labute approximate surface area is 83.1 Å². The van der Waals surface area contributed by atoms with Gasteiger partial charge >= 0.3 is 0 Å². The third kappa shape index (κ3) is 1.01. The summed E-state index contributed by atoms with van der Waals surface area (Å²) in [5.41, 5.74) is 2.47. The fourth-order valence-corrected chi connectivity index (χ4v) is 1.88. The SMILES string of the molecule is [c]1ccc2cccc3ccccc3c1-2. The first kappa shape index (κ1) is 7.57. The first-order valence-corrected chi connectivity index (χ1v) is 4.73. The molecule has 0 spiro atoms. The Balaban J connectivity index is 2.56. The van der Waals surface area contributed by atoms with Crippen LogP contribution in [0.5, 0.6) is 0 Å². The first-order valence-electron chi connectivity index (χ1n) is 4.73. The minimum absolute atomic E-state index is 1.21. The largest absolute Gasteiger partial charge is 0.0616 e. The van der Waals surface area contributed by atoms with Gasteiger partial charge in [-0.2, -0.15) is 0 Å². The first-order chi connectivity index (χ1) is 6.95. The summed E-state index contributed by atoms with van der Waals surface area (Å²) in [6, 6.07) is 22.2. The molecule has 65 valence electrons. The lowest BCUT2D eigenvalue weighted by molar-refractivity contribution is 1.81.